The smallest absolute Gasteiger partial charge is 0.312 e. The molecular formula is C13H20N2O. The van der Waals surface area contributed by atoms with Gasteiger partial charge in [0.05, 0.1) is 0 Å². The van der Waals surface area contributed by atoms with Crippen LogP contribution in [0.25, 0.3) is 0 Å². The normalized spacial score (nSPS) is 10.5. The van der Waals surface area contributed by atoms with Gasteiger partial charge >= 0.3 is 6.03 Å². The Morgan fingerprint density at radius 3 is 2.69 bits per heavy atom. The maximum absolute atomic E-state index is 10.6. The van der Waals surface area contributed by atoms with Crippen molar-refractivity contribution < 1.29 is 4.79 Å². The van der Waals surface area contributed by atoms with Crippen molar-refractivity contribution in [3.05, 3.63) is 34.9 Å². The van der Waals surface area contributed by atoms with Gasteiger partial charge in [0, 0.05) is 6.54 Å². The lowest BCUT2D eigenvalue weighted by Gasteiger charge is -2.11. The molecule has 0 aliphatic heterocycles. The van der Waals surface area contributed by atoms with Gasteiger partial charge in [-0.1, -0.05) is 32.0 Å². The lowest BCUT2D eigenvalue weighted by molar-refractivity contribution is 0.249. The highest BCUT2D eigenvalue weighted by molar-refractivity contribution is 5.71. The number of rotatable bonds is 4. The molecule has 3 N–H and O–H groups in total. The zero-order valence-corrected chi connectivity index (χ0v) is 10.2. The summed E-state index contributed by atoms with van der Waals surface area (Å²) in [6.45, 7) is 7.04. The number of amides is 2. The lowest BCUT2D eigenvalue weighted by atomic mass is 9.96. The summed E-state index contributed by atoms with van der Waals surface area (Å²) in [7, 11) is 0. The van der Waals surface area contributed by atoms with Crippen LogP contribution in [0.3, 0.4) is 0 Å². The fourth-order valence-corrected chi connectivity index (χ4v) is 1.64. The molecule has 0 unspecified atom stereocenters. The van der Waals surface area contributed by atoms with Gasteiger partial charge in [0.2, 0.25) is 0 Å². The van der Waals surface area contributed by atoms with Crippen LogP contribution in [-0.2, 0) is 6.42 Å². The Bertz CT molecular complexity index is 372. The van der Waals surface area contributed by atoms with E-state index in [-0.39, 0.29) is 0 Å². The Morgan fingerprint density at radius 2 is 2.12 bits per heavy atom. The van der Waals surface area contributed by atoms with E-state index in [1.807, 2.05) is 0 Å². The molecule has 0 aliphatic carbocycles. The summed E-state index contributed by atoms with van der Waals surface area (Å²) in [5.74, 6) is 0.531. The van der Waals surface area contributed by atoms with Gasteiger partial charge in [-0.15, -0.1) is 0 Å². The van der Waals surface area contributed by atoms with E-state index in [1.54, 1.807) is 0 Å². The number of benzene rings is 1. The van der Waals surface area contributed by atoms with E-state index in [9.17, 15) is 4.79 Å². The van der Waals surface area contributed by atoms with Crippen LogP contribution >= 0.6 is 0 Å². The van der Waals surface area contributed by atoms with Crippen LogP contribution in [0.5, 0.6) is 0 Å². The molecule has 0 heterocycles. The minimum Gasteiger partial charge on any atom is -0.352 e. The Balaban J connectivity index is 2.70. The monoisotopic (exact) mass is 220 g/mol. The standard InChI is InChI=1S/C13H20N2O/c1-9(2)11-5-4-10(3)12(8-11)6-7-15-13(14)16/h4-5,8-9H,6-7H2,1-3H3,(H3,14,15,16). The molecule has 0 bridgehead atoms. The van der Waals surface area contributed by atoms with Gasteiger partial charge in [0.15, 0.2) is 0 Å². The number of aryl methyl sites for hydroxylation is 1. The Hall–Kier alpha value is -1.51. The van der Waals surface area contributed by atoms with Gasteiger partial charge < -0.3 is 11.1 Å². The summed E-state index contributed by atoms with van der Waals surface area (Å²) in [6, 6.07) is 6.04. The summed E-state index contributed by atoms with van der Waals surface area (Å²) < 4.78 is 0. The van der Waals surface area contributed by atoms with Gasteiger partial charge in [-0.3, -0.25) is 0 Å². The summed E-state index contributed by atoms with van der Waals surface area (Å²) in [5, 5.41) is 2.61. The van der Waals surface area contributed by atoms with Crippen molar-refractivity contribution in [1.29, 1.82) is 0 Å². The molecule has 1 aromatic carbocycles. The molecule has 0 aromatic heterocycles. The fourth-order valence-electron chi connectivity index (χ4n) is 1.64. The third-order valence-corrected chi connectivity index (χ3v) is 2.73. The molecule has 0 saturated heterocycles. The van der Waals surface area contributed by atoms with E-state index in [4.69, 9.17) is 5.73 Å². The molecular weight excluding hydrogens is 200 g/mol. The molecule has 0 aliphatic rings. The molecule has 3 nitrogen and oxygen atoms in total. The van der Waals surface area contributed by atoms with Crippen LogP contribution in [0, 0.1) is 6.92 Å². The van der Waals surface area contributed by atoms with Crippen molar-refractivity contribution in [2.75, 3.05) is 6.54 Å². The second kappa shape index (κ2) is 5.54. The van der Waals surface area contributed by atoms with Gasteiger partial charge in [-0.05, 0) is 36.0 Å². The van der Waals surface area contributed by atoms with Crippen molar-refractivity contribution in [2.24, 2.45) is 5.73 Å². The molecule has 1 rings (SSSR count). The number of carbonyl (C=O) groups is 1. The van der Waals surface area contributed by atoms with E-state index in [1.165, 1.54) is 16.7 Å². The molecule has 3 heteroatoms. The molecule has 0 fully saturated rings. The van der Waals surface area contributed by atoms with Gasteiger partial charge in [0.1, 0.15) is 0 Å². The Kier molecular flexibility index (Phi) is 4.35. The SMILES string of the molecule is Cc1ccc(C(C)C)cc1CCNC(N)=O. The molecule has 0 spiro atoms. The maximum atomic E-state index is 10.6. The Morgan fingerprint density at radius 1 is 1.44 bits per heavy atom. The summed E-state index contributed by atoms with van der Waals surface area (Å²) in [4.78, 5) is 10.6. The first-order valence-electron chi connectivity index (χ1n) is 5.63. The number of primary amides is 1. The number of hydrogen-bond acceptors (Lipinski definition) is 1. The van der Waals surface area contributed by atoms with Crippen molar-refractivity contribution in [3.63, 3.8) is 0 Å². The quantitative estimate of drug-likeness (QED) is 0.804. The van der Waals surface area contributed by atoms with E-state index >= 15 is 0 Å². The summed E-state index contributed by atoms with van der Waals surface area (Å²) in [6.07, 6.45) is 0.829. The second-order valence-corrected chi connectivity index (χ2v) is 4.38. The number of hydrogen-bond donors (Lipinski definition) is 2. The zero-order valence-electron chi connectivity index (χ0n) is 10.2. The van der Waals surface area contributed by atoms with Crippen LogP contribution in [0.1, 0.15) is 36.5 Å². The van der Waals surface area contributed by atoms with Crippen LogP contribution in [0.4, 0.5) is 4.79 Å². The average molecular weight is 220 g/mol. The second-order valence-electron chi connectivity index (χ2n) is 4.38. The maximum Gasteiger partial charge on any atom is 0.312 e. The third-order valence-electron chi connectivity index (χ3n) is 2.73. The van der Waals surface area contributed by atoms with E-state index in [2.05, 4.69) is 44.3 Å². The first-order valence-corrected chi connectivity index (χ1v) is 5.63. The number of carbonyl (C=O) groups excluding carboxylic acids is 1. The van der Waals surface area contributed by atoms with Gasteiger partial charge in [-0.25, -0.2) is 4.79 Å². The van der Waals surface area contributed by atoms with Crippen molar-refractivity contribution in [3.8, 4) is 0 Å². The predicted molar refractivity (Wildman–Crippen MR) is 66.6 cm³/mol. The minimum absolute atomic E-state index is 0.460. The molecule has 0 atom stereocenters. The molecule has 2 amide bonds. The van der Waals surface area contributed by atoms with Crippen LogP contribution in [-0.4, -0.2) is 12.6 Å². The summed E-state index contributed by atoms with van der Waals surface area (Å²) >= 11 is 0. The molecule has 16 heavy (non-hydrogen) atoms. The summed E-state index contributed by atoms with van der Waals surface area (Å²) in [5.41, 5.74) is 8.89. The molecule has 88 valence electrons. The van der Waals surface area contributed by atoms with Crippen LogP contribution in [0.2, 0.25) is 0 Å². The highest BCUT2D eigenvalue weighted by Gasteiger charge is 2.04. The number of nitrogens with one attached hydrogen (secondary N) is 1. The van der Waals surface area contributed by atoms with E-state index in [0.717, 1.165) is 6.42 Å². The highest BCUT2D eigenvalue weighted by Crippen LogP contribution is 2.18. The van der Waals surface area contributed by atoms with Crippen LogP contribution < -0.4 is 11.1 Å². The first-order chi connectivity index (χ1) is 7.50. The van der Waals surface area contributed by atoms with Crippen molar-refractivity contribution in [1.82, 2.24) is 5.32 Å². The number of nitrogens with two attached hydrogens (primary N) is 1. The highest BCUT2D eigenvalue weighted by atomic mass is 16.2. The van der Waals surface area contributed by atoms with Crippen molar-refractivity contribution in [2.45, 2.75) is 33.1 Å². The van der Waals surface area contributed by atoms with Crippen LogP contribution in [0.15, 0.2) is 18.2 Å². The topological polar surface area (TPSA) is 55.1 Å². The third kappa shape index (κ3) is 3.57. The largest absolute Gasteiger partial charge is 0.352 e. The fraction of sp³-hybridized carbons (Fsp3) is 0.462. The van der Waals surface area contributed by atoms with E-state index < -0.39 is 6.03 Å². The molecule has 1 aromatic rings. The lowest BCUT2D eigenvalue weighted by Crippen LogP contribution is -2.31. The average Bonchev–Trinajstić information content (AvgIpc) is 2.20. The first kappa shape index (κ1) is 12.6. The van der Waals surface area contributed by atoms with Gasteiger partial charge in [-0.2, -0.15) is 0 Å². The predicted octanol–water partition coefficient (Wildman–Crippen LogP) is 2.33. The van der Waals surface area contributed by atoms with Crippen molar-refractivity contribution >= 4 is 6.03 Å². The minimum atomic E-state index is -0.460. The Labute approximate surface area is 97.0 Å². The number of urea groups is 1. The zero-order chi connectivity index (χ0) is 12.1. The molecule has 0 radical (unpaired) electrons. The molecule has 0 saturated carbocycles. The van der Waals surface area contributed by atoms with Gasteiger partial charge in [0.25, 0.3) is 0 Å². The van der Waals surface area contributed by atoms with E-state index in [0.29, 0.717) is 12.5 Å².